The van der Waals surface area contributed by atoms with E-state index in [0.717, 1.165) is 24.4 Å². The van der Waals surface area contributed by atoms with E-state index < -0.39 is 23.5 Å². The third-order valence-electron chi connectivity index (χ3n) is 7.16. The Bertz CT molecular complexity index is 1300. The standard InChI is InChI=1S/C26H25F3N4O2/c1-15-22-12-23(29)19(13-30)10-25(22)32(31-15)14-16-2-4-17(5-3-16)26(34)33-24(6-7-35-33)18-8-20(27)11-21(28)9-18/h8-12,16-17,24H,2-7,14H2,1H3/t16?,17?,24-/m0/s1. The fraction of sp³-hybridized carbons (Fsp3) is 0.423. The third-order valence-corrected chi connectivity index (χ3v) is 7.16. The fourth-order valence-electron chi connectivity index (χ4n) is 5.35. The predicted octanol–water partition coefficient (Wildman–Crippen LogP) is 5.35. The lowest BCUT2D eigenvalue weighted by atomic mass is 9.81. The topological polar surface area (TPSA) is 71.2 Å². The predicted molar refractivity (Wildman–Crippen MR) is 121 cm³/mol. The summed E-state index contributed by atoms with van der Waals surface area (Å²) < 4.78 is 43.3. The Kier molecular flexibility index (Phi) is 6.24. The van der Waals surface area contributed by atoms with Crippen LogP contribution in [0.25, 0.3) is 10.9 Å². The Morgan fingerprint density at radius 2 is 1.80 bits per heavy atom. The van der Waals surface area contributed by atoms with E-state index in [1.165, 1.54) is 23.3 Å². The zero-order valence-electron chi connectivity index (χ0n) is 19.3. The average molecular weight is 483 g/mol. The van der Waals surface area contributed by atoms with Crippen molar-refractivity contribution in [2.75, 3.05) is 6.61 Å². The van der Waals surface area contributed by atoms with Gasteiger partial charge in [-0.15, -0.1) is 0 Å². The molecule has 1 atom stereocenters. The summed E-state index contributed by atoms with van der Waals surface area (Å²) in [5.41, 5.74) is 1.83. The number of carbonyl (C=O) groups excluding carboxylic acids is 1. The number of carbonyl (C=O) groups is 1. The van der Waals surface area contributed by atoms with E-state index in [0.29, 0.717) is 49.1 Å². The number of benzene rings is 2. The minimum atomic E-state index is -0.675. The number of rotatable bonds is 4. The van der Waals surface area contributed by atoms with Gasteiger partial charge in [-0.2, -0.15) is 10.4 Å². The van der Waals surface area contributed by atoms with Crippen LogP contribution in [0.1, 0.15) is 55.0 Å². The van der Waals surface area contributed by atoms with Crippen LogP contribution in [0.3, 0.4) is 0 Å². The molecular weight excluding hydrogens is 457 g/mol. The van der Waals surface area contributed by atoms with Crippen molar-refractivity contribution in [2.45, 2.75) is 51.6 Å². The van der Waals surface area contributed by atoms with Crippen molar-refractivity contribution in [3.8, 4) is 6.07 Å². The van der Waals surface area contributed by atoms with E-state index in [9.17, 15) is 23.2 Å². The number of nitrogens with zero attached hydrogens (tertiary/aromatic N) is 4. The highest BCUT2D eigenvalue weighted by molar-refractivity contribution is 5.83. The molecule has 2 heterocycles. The van der Waals surface area contributed by atoms with Crippen molar-refractivity contribution >= 4 is 16.8 Å². The van der Waals surface area contributed by atoms with Crippen LogP contribution in [0.15, 0.2) is 30.3 Å². The molecule has 182 valence electrons. The van der Waals surface area contributed by atoms with E-state index in [1.54, 1.807) is 6.07 Å². The van der Waals surface area contributed by atoms with Crippen molar-refractivity contribution in [3.63, 3.8) is 0 Å². The molecule has 35 heavy (non-hydrogen) atoms. The molecule has 1 saturated heterocycles. The van der Waals surface area contributed by atoms with Crippen LogP contribution < -0.4 is 0 Å². The molecule has 0 bridgehead atoms. The van der Waals surface area contributed by atoms with Crippen molar-refractivity contribution in [2.24, 2.45) is 11.8 Å². The zero-order chi connectivity index (χ0) is 24.7. The first-order valence-electron chi connectivity index (χ1n) is 11.8. The number of aromatic nitrogens is 2. The van der Waals surface area contributed by atoms with Gasteiger partial charge in [0, 0.05) is 30.3 Å². The smallest absolute Gasteiger partial charge is 0.249 e. The molecule has 1 amide bonds. The summed E-state index contributed by atoms with van der Waals surface area (Å²) in [5, 5.41) is 15.7. The average Bonchev–Trinajstić information content (AvgIpc) is 3.43. The molecule has 0 spiro atoms. The Labute approximate surface area is 200 Å². The van der Waals surface area contributed by atoms with E-state index in [1.807, 2.05) is 17.7 Å². The van der Waals surface area contributed by atoms with Gasteiger partial charge in [-0.05, 0) is 68.4 Å². The van der Waals surface area contributed by atoms with Crippen LogP contribution in [0.5, 0.6) is 0 Å². The second-order valence-electron chi connectivity index (χ2n) is 9.45. The number of hydroxylamine groups is 2. The first kappa shape index (κ1) is 23.4. The quantitative estimate of drug-likeness (QED) is 0.503. The number of nitriles is 1. The van der Waals surface area contributed by atoms with Gasteiger partial charge in [-0.25, -0.2) is 18.2 Å². The molecule has 5 rings (SSSR count). The van der Waals surface area contributed by atoms with E-state index in [2.05, 4.69) is 5.10 Å². The minimum absolute atomic E-state index is 0.00805. The normalized spacial score (nSPS) is 22.5. The molecule has 6 nitrogen and oxygen atoms in total. The van der Waals surface area contributed by atoms with Gasteiger partial charge >= 0.3 is 0 Å². The number of fused-ring (bicyclic) bond motifs is 1. The maximum Gasteiger partial charge on any atom is 0.249 e. The van der Waals surface area contributed by atoms with Crippen LogP contribution >= 0.6 is 0 Å². The molecule has 0 radical (unpaired) electrons. The SMILES string of the molecule is Cc1nn(CC2CCC(C(=O)N3OCC[C@H]3c3cc(F)cc(F)c3)CC2)c2cc(C#N)c(F)cc12. The van der Waals surface area contributed by atoms with Gasteiger partial charge in [-0.1, -0.05) is 0 Å². The molecule has 3 aromatic rings. The van der Waals surface area contributed by atoms with Gasteiger partial charge < -0.3 is 0 Å². The molecule has 2 fully saturated rings. The molecule has 1 aliphatic heterocycles. The number of aryl methyl sites for hydroxylation is 1. The van der Waals surface area contributed by atoms with Crippen molar-refractivity contribution in [1.82, 2.24) is 14.8 Å². The maximum atomic E-state index is 14.0. The third kappa shape index (κ3) is 4.50. The number of amides is 1. The number of hydrogen-bond acceptors (Lipinski definition) is 4. The first-order chi connectivity index (χ1) is 16.8. The molecular formula is C26H25F3N4O2. The van der Waals surface area contributed by atoms with E-state index in [-0.39, 0.29) is 23.3 Å². The molecule has 1 saturated carbocycles. The molecule has 1 aromatic heterocycles. The zero-order valence-corrected chi connectivity index (χ0v) is 19.3. The van der Waals surface area contributed by atoms with Crippen molar-refractivity contribution < 1.29 is 22.8 Å². The number of halogens is 3. The van der Waals surface area contributed by atoms with Crippen LogP contribution in [0.4, 0.5) is 13.2 Å². The lowest BCUT2D eigenvalue weighted by Crippen LogP contribution is -2.37. The Morgan fingerprint density at radius 3 is 2.49 bits per heavy atom. The summed E-state index contributed by atoms with van der Waals surface area (Å²) in [4.78, 5) is 18.8. The van der Waals surface area contributed by atoms with E-state index >= 15 is 0 Å². The fourth-order valence-corrected chi connectivity index (χ4v) is 5.35. The minimum Gasteiger partial charge on any atom is -0.272 e. The Morgan fingerprint density at radius 1 is 1.09 bits per heavy atom. The summed E-state index contributed by atoms with van der Waals surface area (Å²) in [6.45, 7) is 2.75. The lowest BCUT2D eigenvalue weighted by Gasteiger charge is -2.32. The number of hydrogen-bond donors (Lipinski definition) is 0. The summed E-state index contributed by atoms with van der Waals surface area (Å²) >= 11 is 0. The lowest BCUT2D eigenvalue weighted by molar-refractivity contribution is -0.183. The van der Waals surface area contributed by atoms with Crippen molar-refractivity contribution in [1.29, 1.82) is 5.26 Å². The highest BCUT2D eigenvalue weighted by Gasteiger charge is 2.37. The van der Waals surface area contributed by atoms with Gasteiger partial charge in [0.05, 0.1) is 29.4 Å². The molecule has 0 N–H and O–H groups in total. The van der Waals surface area contributed by atoms with Gasteiger partial charge in [0.1, 0.15) is 23.5 Å². The van der Waals surface area contributed by atoms with Gasteiger partial charge in [0.25, 0.3) is 0 Å². The largest absolute Gasteiger partial charge is 0.272 e. The molecule has 9 heteroatoms. The van der Waals surface area contributed by atoms with Crippen LogP contribution in [-0.2, 0) is 16.2 Å². The second kappa shape index (κ2) is 9.34. The van der Waals surface area contributed by atoms with Crippen LogP contribution in [-0.4, -0.2) is 27.4 Å². The van der Waals surface area contributed by atoms with Gasteiger partial charge in [0.2, 0.25) is 5.91 Å². The highest BCUT2D eigenvalue weighted by atomic mass is 19.1. The molecule has 2 aliphatic rings. The van der Waals surface area contributed by atoms with E-state index in [4.69, 9.17) is 4.84 Å². The molecule has 0 unspecified atom stereocenters. The summed E-state index contributed by atoms with van der Waals surface area (Å²) in [6.07, 6.45) is 3.43. The highest BCUT2D eigenvalue weighted by Crippen LogP contribution is 2.37. The Hall–Kier alpha value is -3.38. The van der Waals surface area contributed by atoms with Gasteiger partial charge in [0.15, 0.2) is 0 Å². The van der Waals surface area contributed by atoms with Crippen LogP contribution in [0.2, 0.25) is 0 Å². The second-order valence-corrected chi connectivity index (χ2v) is 9.45. The Balaban J connectivity index is 1.25. The molecule has 2 aromatic carbocycles. The summed E-state index contributed by atoms with van der Waals surface area (Å²) in [7, 11) is 0. The van der Waals surface area contributed by atoms with Gasteiger partial charge in [-0.3, -0.25) is 14.3 Å². The molecule has 1 aliphatic carbocycles. The monoisotopic (exact) mass is 482 g/mol. The summed E-state index contributed by atoms with van der Waals surface area (Å²) in [6, 6.07) is 7.60. The van der Waals surface area contributed by atoms with Crippen molar-refractivity contribution in [3.05, 3.63) is 64.6 Å². The maximum absolute atomic E-state index is 14.0. The first-order valence-corrected chi connectivity index (χ1v) is 11.8. The summed E-state index contributed by atoms with van der Waals surface area (Å²) in [5.74, 6) is -1.99. The van der Waals surface area contributed by atoms with Crippen LogP contribution in [0, 0.1) is 47.5 Å².